The van der Waals surface area contributed by atoms with E-state index in [9.17, 15) is 22.4 Å². The van der Waals surface area contributed by atoms with Gasteiger partial charge in [0, 0.05) is 6.54 Å². The van der Waals surface area contributed by atoms with Crippen molar-refractivity contribution >= 4 is 5.97 Å². The van der Waals surface area contributed by atoms with Crippen molar-refractivity contribution in [1.82, 2.24) is 14.7 Å². The van der Waals surface area contributed by atoms with E-state index < -0.39 is 24.7 Å². The van der Waals surface area contributed by atoms with Crippen LogP contribution >= 0.6 is 0 Å². The Morgan fingerprint density at radius 3 is 2.55 bits per heavy atom. The summed E-state index contributed by atoms with van der Waals surface area (Å²) in [7, 11) is 2.95. The van der Waals surface area contributed by atoms with E-state index in [2.05, 4.69) is 9.84 Å². The lowest BCUT2D eigenvalue weighted by atomic mass is 10.2. The molecule has 0 fully saturated rings. The number of halogens is 4. The molecule has 0 spiro atoms. The minimum atomic E-state index is -3.02. The number of carbonyl (C=O) groups is 1. The van der Waals surface area contributed by atoms with Crippen LogP contribution < -0.4 is 9.47 Å². The summed E-state index contributed by atoms with van der Waals surface area (Å²) in [6.07, 6.45) is -1.90. The smallest absolute Gasteiger partial charge is 0.387 e. The van der Waals surface area contributed by atoms with Gasteiger partial charge in [-0.1, -0.05) is 6.07 Å². The van der Waals surface area contributed by atoms with Crippen LogP contribution in [0.1, 0.15) is 35.0 Å². The molecule has 0 aliphatic heterocycles. The third-order valence-electron chi connectivity index (χ3n) is 3.85. The molecule has 160 valence electrons. The summed E-state index contributed by atoms with van der Waals surface area (Å²) in [5.41, 5.74) is -0.264. The maximum atomic E-state index is 13.5. The summed E-state index contributed by atoms with van der Waals surface area (Å²) in [5.74, 6) is -0.867. The van der Waals surface area contributed by atoms with Crippen molar-refractivity contribution in [2.24, 2.45) is 0 Å². The topological polar surface area (TPSA) is 65.8 Å². The molecule has 0 unspecified atom stereocenters. The molecular formula is C18H21F4N3O4. The zero-order valence-electron chi connectivity index (χ0n) is 16.1. The van der Waals surface area contributed by atoms with Gasteiger partial charge in [0.25, 0.3) is 6.43 Å². The van der Waals surface area contributed by atoms with Gasteiger partial charge in [-0.3, -0.25) is 4.90 Å². The molecular weight excluding hydrogens is 398 g/mol. The summed E-state index contributed by atoms with van der Waals surface area (Å²) in [6.45, 7) is -1.26. The Balaban J connectivity index is 2.17. The number of methoxy groups -OCH3 is 1. The molecule has 1 aromatic carbocycles. The Bertz CT molecular complexity index is 829. The molecule has 0 saturated carbocycles. The fourth-order valence-corrected chi connectivity index (χ4v) is 2.70. The molecule has 0 bridgehead atoms. The number of hydrogen-bond donors (Lipinski definition) is 0. The summed E-state index contributed by atoms with van der Waals surface area (Å²) in [6, 6.07) is 4.48. The van der Waals surface area contributed by atoms with Crippen LogP contribution in [0.5, 0.6) is 11.5 Å². The van der Waals surface area contributed by atoms with Gasteiger partial charge in [-0.15, -0.1) is 0 Å². The van der Waals surface area contributed by atoms with Gasteiger partial charge in [-0.05, 0) is 31.7 Å². The number of nitrogens with zero attached hydrogens (tertiary/aromatic N) is 3. The first kappa shape index (κ1) is 22.5. The number of ether oxygens (including phenoxy) is 3. The lowest BCUT2D eigenvalue weighted by Gasteiger charge is -2.19. The van der Waals surface area contributed by atoms with Crippen LogP contribution in [0.15, 0.2) is 24.4 Å². The maximum Gasteiger partial charge on any atom is 0.387 e. The van der Waals surface area contributed by atoms with Crippen LogP contribution in [0.3, 0.4) is 0 Å². The molecule has 0 N–H and O–H groups in total. The molecule has 0 radical (unpaired) electrons. The Morgan fingerprint density at radius 1 is 1.24 bits per heavy atom. The molecule has 11 heteroatoms. The Morgan fingerprint density at radius 2 is 1.97 bits per heavy atom. The summed E-state index contributed by atoms with van der Waals surface area (Å²) >= 11 is 0. The summed E-state index contributed by atoms with van der Waals surface area (Å²) < 4.78 is 67.2. The third kappa shape index (κ3) is 5.83. The first-order valence-electron chi connectivity index (χ1n) is 8.58. The van der Waals surface area contributed by atoms with Gasteiger partial charge in [0.2, 0.25) is 0 Å². The van der Waals surface area contributed by atoms with Crippen molar-refractivity contribution < 1.29 is 36.6 Å². The van der Waals surface area contributed by atoms with Crippen molar-refractivity contribution in [1.29, 1.82) is 0 Å². The highest BCUT2D eigenvalue weighted by molar-refractivity contribution is 5.90. The molecule has 2 rings (SSSR count). The van der Waals surface area contributed by atoms with E-state index in [1.165, 1.54) is 19.2 Å². The second-order valence-electron chi connectivity index (χ2n) is 5.98. The Kier molecular flexibility index (Phi) is 7.82. The second-order valence-corrected chi connectivity index (χ2v) is 5.98. The molecule has 0 saturated heterocycles. The van der Waals surface area contributed by atoms with Gasteiger partial charge in [0.1, 0.15) is 11.3 Å². The average molecular weight is 419 g/mol. The largest absolute Gasteiger partial charge is 0.493 e. The van der Waals surface area contributed by atoms with Crippen LogP contribution in [0.2, 0.25) is 0 Å². The van der Waals surface area contributed by atoms with Crippen LogP contribution in [0, 0.1) is 0 Å². The molecule has 0 amide bonds. The van der Waals surface area contributed by atoms with Crippen LogP contribution in [0.4, 0.5) is 17.6 Å². The van der Waals surface area contributed by atoms with E-state index in [0.717, 1.165) is 10.9 Å². The zero-order chi connectivity index (χ0) is 21.6. The standard InChI is InChI=1S/C18H21F4N3O4/c1-4-28-17(26)12-8-23-25(15(12)16(19)20)10-24(2)9-11-5-6-13(27-3)14(7-11)29-18(21)22/h5-8,16,18H,4,9-10H2,1-3H3. The number of benzene rings is 1. The van der Waals surface area contributed by atoms with Crippen LogP contribution in [-0.4, -0.2) is 48.0 Å². The highest BCUT2D eigenvalue weighted by atomic mass is 19.3. The molecule has 7 nitrogen and oxygen atoms in total. The fraction of sp³-hybridized carbons (Fsp3) is 0.444. The zero-order valence-corrected chi connectivity index (χ0v) is 16.1. The van der Waals surface area contributed by atoms with Crippen LogP contribution in [0.25, 0.3) is 0 Å². The van der Waals surface area contributed by atoms with Crippen molar-refractivity contribution in [3.05, 3.63) is 41.2 Å². The second kappa shape index (κ2) is 10.1. The van der Waals surface area contributed by atoms with Gasteiger partial charge in [0.05, 0.1) is 26.6 Å². The minimum absolute atomic E-state index is 0.0487. The number of carbonyl (C=O) groups excluding carboxylic acids is 1. The predicted molar refractivity (Wildman–Crippen MR) is 94.2 cm³/mol. The van der Waals surface area contributed by atoms with E-state index in [0.29, 0.717) is 5.56 Å². The summed E-state index contributed by atoms with van der Waals surface area (Å²) in [5, 5.41) is 3.86. The third-order valence-corrected chi connectivity index (χ3v) is 3.85. The molecule has 0 aliphatic carbocycles. The molecule has 1 heterocycles. The van der Waals surface area contributed by atoms with Crippen molar-refractivity contribution in [2.45, 2.75) is 33.2 Å². The molecule has 0 aliphatic rings. The Hall–Kier alpha value is -2.82. The highest BCUT2D eigenvalue weighted by Crippen LogP contribution is 2.30. The molecule has 2 aromatic rings. The predicted octanol–water partition coefficient (Wildman–Crippen LogP) is 3.70. The minimum Gasteiger partial charge on any atom is -0.493 e. The van der Waals surface area contributed by atoms with Gasteiger partial charge < -0.3 is 14.2 Å². The molecule has 29 heavy (non-hydrogen) atoms. The van der Waals surface area contributed by atoms with Gasteiger partial charge >= 0.3 is 12.6 Å². The average Bonchev–Trinajstić information content (AvgIpc) is 3.05. The number of aromatic nitrogens is 2. The van der Waals surface area contributed by atoms with Gasteiger partial charge in [0.15, 0.2) is 11.5 Å². The highest BCUT2D eigenvalue weighted by Gasteiger charge is 2.26. The summed E-state index contributed by atoms with van der Waals surface area (Å²) in [4.78, 5) is 13.4. The SMILES string of the molecule is CCOC(=O)c1cnn(CN(C)Cc2ccc(OC)c(OC(F)F)c2)c1C(F)F. The van der Waals surface area contributed by atoms with Crippen molar-refractivity contribution in [3.8, 4) is 11.5 Å². The molecule has 0 atom stereocenters. The fourth-order valence-electron chi connectivity index (χ4n) is 2.70. The maximum absolute atomic E-state index is 13.5. The van der Waals surface area contributed by atoms with E-state index in [-0.39, 0.29) is 36.9 Å². The van der Waals surface area contributed by atoms with Crippen molar-refractivity contribution in [3.63, 3.8) is 0 Å². The lowest BCUT2D eigenvalue weighted by molar-refractivity contribution is -0.0512. The van der Waals surface area contributed by atoms with E-state index >= 15 is 0 Å². The van der Waals surface area contributed by atoms with E-state index in [4.69, 9.17) is 9.47 Å². The molecule has 1 aromatic heterocycles. The quantitative estimate of drug-likeness (QED) is 0.432. The van der Waals surface area contributed by atoms with Crippen LogP contribution in [-0.2, 0) is 18.0 Å². The van der Waals surface area contributed by atoms with E-state index in [1.54, 1.807) is 24.9 Å². The van der Waals surface area contributed by atoms with Gasteiger partial charge in [-0.2, -0.15) is 13.9 Å². The number of hydrogen-bond acceptors (Lipinski definition) is 6. The first-order chi connectivity index (χ1) is 13.8. The van der Waals surface area contributed by atoms with Gasteiger partial charge in [-0.25, -0.2) is 18.3 Å². The van der Waals surface area contributed by atoms with Crippen molar-refractivity contribution in [2.75, 3.05) is 20.8 Å². The Labute approximate surface area is 164 Å². The number of esters is 1. The number of rotatable bonds is 10. The van der Waals surface area contributed by atoms with E-state index in [1.807, 2.05) is 0 Å². The first-order valence-corrected chi connectivity index (χ1v) is 8.58. The normalized spacial score (nSPS) is 11.4. The number of alkyl halides is 4. The lowest BCUT2D eigenvalue weighted by Crippen LogP contribution is -2.24. The monoisotopic (exact) mass is 419 g/mol.